The van der Waals surface area contributed by atoms with Crippen LogP contribution in [0.25, 0.3) is 0 Å². The molecule has 2 bridgehead atoms. The summed E-state index contributed by atoms with van der Waals surface area (Å²) in [6.45, 7) is 6.53. The monoisotopic (exact) mass is 583 g/mol. The van der Waals surface area contributed by atoms with Crippen molar-refractivity contribution in [2.45, 2.75) is 166 Å². The molecule has 3 saturated heterocycles. The number of hydrogen-bond acceptors (Lipinski definition) is 7. The van der Waals surface area contributed by atoms with Gasteiger partial charge in [-0.1, -0.05) is 72.1 Å². The molecule has 3 aliphatic heterocycles. The Kier molecular flexibility index (Phi) is 9.29. The van der Waals surface area contributed by atoms with Gasteiger partial charge in [0.2, 0.25) is 10.0 Å². The quantitative estimate of drug-likeness (QED) is 0.302. The van der Waals surface area contributed by atoms with Crippen LogP contribution in [0.4, 0.5) is 0 Å². The summed E-state index contributed by atoms with van der Waals surface area (Å²) in [5.41, 5.74) is -0.540. The van der Waals surface area contributed by atoms with Gasteiger partial charge in [-0.05, 0) is 62.7 Å². The molecule has 0 radical (unpaired) electrons. The van der Waals surface area contributed by atoms with E-state index in [0.717, 1.165) is 49.3 Å². The SMILES string of the molecule is CCCCCCCCCC[C@@H](O)[C@@H]1CC[C@@H]([C@@H]2CC[C@H]([C@H](O)C(=O)N3[C@H]4C[C@@H]5CC[C@@]4(CS3(=O)=O)C5(C)C)O2)O1. The first-order valence-corrected chi connectivity index (χ1v) is 17.9. The molecular weight excluding hydrogens is 530 g/mol. The van der Waals surface area contributed by atoms with Crippen molar-refractivity contribution in [1.29, 1.82) is 0 Å². The zero-order chi connectivity index (χ0) is 28.7. The molecule has 8 nitrogen and oxygen atoms in total. The largest absolute Gasteiger partial charge is 0.390 e. The number of aliphatic hydroxyl groups excluding tert-OH is 2. The maximum atomic E-state index is 13.5. The fourth-order valence-electron chi connectivity index (χ4n) is 8.98. The lowest BCUT2D eigenvalue weighted by Gasteiger charge is -2.37. The number of aliphatic hydroxyl groups is 2. The van der Waals surface area contributed by atoms with Crippen LogP contribution in [0.5, 0.6) is 0 Å². The van der Waals surface area contributed by atoms with E-state index in [1.165, 1.54) is 38.5 Å². The Labute approximate surface area is 241 Å². The standard InChI is InChI=1S/C31H53NO7S/c1-4-5-6-7-8-9-10-11-12-22(33)23-13-14-24(38-23)25-15-16-26(39-25)28(34)29(35)32-27-19-21-17-18-31(27,30(21,2)3)20-40(32,36)37/h21-28,33-34H,4-20H2,1-3H3/t21-,22+,23-,24-,25-,26+,27-,28-,31-/m0/s1. The van der Waals surface area contributed by atoms with Gasteiger partial charge in [-0.25, -0.2) is 12.7 Å². The molecule has 0 aromatic heterocycles. The van der Waals surface area contributed by atoms with Gasteiger partial charge in [0.25, 0.3) is 5.91 Å². The van der Waals surface area contributed by atoms with Crippen molar-refractivity contribution in [2.24, 2.45) is 16.7 Å². The van der Waals surface area contributed by atoms with Crippen molar-refractivity contribution in [2.75, 3.05) is 5.75 Å². The van der Waals surface area contributed by atoms with Gasteiger partial charge in [-0.3, -0.25) is 4.79 Å². The highest BCUT2D eigenvalue weighted by Gasteiger charge is 2.72. The molecule has 5 aliphatic rings. The van der Waals surface area contributed by atoms with Crippen molar-refractivity contribution < 1.29 is 32.9 Å². The van der Waals surface area contributed by atoms with Crippen LogP contribution in [0.3, 0.4) is 0 Å². The molecule has 5 fully saturated rings. The van der Waals surface area contributed by atoms with E-state index in [1.54, 1.807) is 0 Å². The molecule has 9 heteroatoms. The maximum absolute atomic E-state index is 13.5. The number of unbranched alkanes of at least 4 members (excludes halogenated alkanes) is 7. The maximum Gasteiger partial charge on any atom is 0.267 e. The highest BCUT2D eigenvalue weighted by molar-refractivity contribution is 7.90. The molecule has 0 aromatic carbocycles. The van der Waals surface area contributed by atoms with Gasteiger partial charge in [-0.2, -0.15) is 0 Å². The van der Waals surface area contributed by atoms with E-state index in [2.05, 4.69) is 20.8 Å². The first-order valence-electron chi connectivity index (χ1n) is 16.2. The van der Waals surface area contributed by atoms with E-state index in [9.17, 15) is 23.4 Å². The van der Waals surface area contributed by atoms with E-state index in [4.69, 9.17) is 9.47 Å². The molecular formula is C31H53NO7S. The van der Waals surface area contributed by atoms with E-state index in [-0.39, 0.29) is 35.5 Å². The van der Waals surface area contributed by atoms with Crippen LogP contribution in [-0.4, -0.2) is 77.3 Å². The molecule has 1 spiro atoms. The Morgan fingerprint density at radius 3 is 2.15 bits per heavy atom. The minimum absolute atomic E-state index is 0.000632. The highest BCUT2D eigenvalue weighted by Crippen LogP contribution is 2.70. The molecule has 5 rings (SSSR count). The molecule has 0 aromatic rings. The number of nitrogens with zero attached hydrogens (tertiary/aromatic N) is 1. The van der Waals surface area contributed by atoms with Gasteiger partial charge in [0.05, 0.1) is 42.3 Å². The lowest BCUT2D eigenvalue weighted by atomic mass is 9.69. The number of amides is 1. The number of fused-ring (bicyclic) bond motifs is 1. The number of sulfonamides is 1. The molecule has 40 heavy (non-hydrogen) atoms. The second-order valence-electron chi connectivity index (χ2n) is 14.1. The van der Waals surface area contributed by atoms with Gasteiger partial charge < -0.3 is 19.7 Å². The number of carbonyl (C=O) groups is 1. The van der Waals surface area contributed by atoms with Crippen molar-refractivity contribution in [1.82, 2.24) is 4.31 Å². The van der Waals surface area contributed by atoms with E-state index < -0.39 is 39.7 Å². The summed E-state index contributed by atoms with van der Waals surface area (Å²) < 4.78 is 39.9. The van der Waals surface area contributed by atoms with Gasteiger partial charge in [-0.15, -0.1) is 0 Å². The molecule has 1 amide bonds. The lowest BCUT2D eigenvalue weighted by molar-refractivity contribution is -0.150. The highest BCUT2D eigenvalue weighted by atomic mass is 32.2. The minimum Gasteiger partial charge on any atom is -0.390 e. The average Bonchev–Trinajstić information content (AvgIpc) is 3.70. The van der Waals surface area contributed by atoms with Crippen molar-refractivity contribution in [3.63, 3.8) is 0 Å². The van der Waals surface area contributed by atoms with Gasteiger partial charge >= 0.3 is 0 Å². The summed E-state index contributed by atoms with van der Waals surface area (Å²) >= 11 is 0. The lowest BCUT2D eigenvalue weighted by Crippen LogP contribution is -2.50. The zero-order valence-electron chi connectivity index (χ0n) is 24.9. The summed E-state index contributed by atoms with van der Waals surface area (Å²) in [4.78, 5) is 13.5. The molecule has 2 N–H and O–H groups in total. The molecule has 2 aliphatic carbocycles. The molecule has 2 saturated carbocycles. The Bertz CT molecular complexity index is 1000. The number of carbonyl (C=O) groups excluding carboxylic acids is 1. The normalized spacial score (nSPS) is 39.1. The first kappa shape index (κ1) is 30.7. The van der Waals surface area contributed by atoms with E-state index in [0.29, 0.717) is 25.2 Å². The second kappa shape index (κ2) is 12.1. The third-order valence-corrected chi connectivity index (χ3v) is 13.5. The van der Waals surface area contributed by atoms with Crippen LogP contribution < -0.4 is 0 Å². The third kappa shape index (κ3) is 5.51. The topological polar surface area (TPSA) is 113 Å². The molecule has 230 valence electrons. The summed E-state index contributed by atoms with van der Waals surface area (Å²) in [6.07, 6.45) is 12.5. The Morgan fingerprint density at radius 1 is 0.900 bits per heavy atom. The molecule has 3 heterocycles. The second-order valence-corrected chi connectivity index (χ2v) is 16.0. The van der Waals surface area contributed by atoms with Crippen molar-refractivity contribution >= 4 is 15.9 Å². The fraction of sp³-hybridized carbons (Fsp3) is 0.968. The predicted molar refractivity (Wildman–Crippen MR) is 153 cm³/mol. The third-order valence-electron chi connectivity index (χ3n) is 11.6. The predicted octanol–water partition coefficient (Wildman–Crippen LogP) is 4.70. The van der Waals surface area contributed by atoms with E-state index >= 15 is 0 Å². The Balaban J connectivity index is 1.08. The Morgan fingerprint density at radius 2 is 1.50 bits per heavy atom. The van der Waals surface area contributed by atoms with E-state index in [1.807, 2.05) is 0 Å². The van der Waals surface area contributed by atoms with Crippen molar-refractivity contribution in [3.8, 4) is 0 Å². The van der Waals surface area contributed by atoms with Crippen LogP contribution in [0.1, 0.15) is 124 Å². The van der Waals surface area contributed by atoms with Crippen LogP contribution >= 0.6 is 0 Å². The number of ether oxygens (including phenoxy) is 2. The first-order chi connectivity index (χ1) is 19.0. The van der Waals surface area contributed by atoms with Crippen molar-refractivity contribution in [3.05, 3.63) is 0 Å². The number of rotatable bonds is 13. The van der Waals surface area contributed by atoms with Gasteiger partial charge in [0.15, 0.2) is 6.10 Å². The molecule has 9 atom stereocenters. The fourth-order valence-corrected chi connectivity index (χ4v) is 11.5. The number of hydrogen-bond donors (Lipinski definition) is 2. The smallest absolute Gasteiger partial charge is 0.267 e. The minimum atomic E-state index is -3.78. The molecule has 0 unspecified atom stereocenters. The average molecular weight is 584 g/mol. The Hall–Kier alpha value is -0.740. The van der Waals surface area contributed by atoms with Gasteiger partial charge in [0, 0.05) is 5.41 Å². The van der Waals surface area contributed by atoms with Crippen LogP contribution in [0.15, 0.2) is 0 Å². The van der Waals surface area contributed by atoms with Crippen LogP contribution in [0.2, 0.25) is 0 Å². The van der Waals surface area contributed by atoms with Gasteiger partial charge in [0.1, 0.15) is 0 Å². The summed E-state index contributed by atoms with van der Waals surface area (Å²) in [7, 11) is -3.78. The zero-order valence-corrected chi connectivity index (χ0v) is 25.7. The summed E-state index contributed by atoms with van der Waals surface area (Å²) in [6, 6.07) is -0.355. The van der Waals surface area contributed by atoms with Crippen LogP contribution in [-0.2, 0) is 24.3 Å². The summed E-state index contributed by atoms with van der Waals surface area (Å²) in [5.74, 6) is -0.313. The van der Waals surface area contributed by atoms with Crippen LogP contribution in [0, 0.1) is 16.7 Å². The summed E-state index contributed by atoms with van der Waals surface area (Å²) in [5, 5.41) is 21.8.